The van der Waals surface area contributed by atoms with Gasteiger partial charge in [0.15, 0.2) is 5.16 Å². The van der Waals surface area contributed by atoms with Crippen LogP contribution in [0.3, 0.4) is 0 Å². The van der Waals surface area contributed by atoms with Crippen LogP contribution in [0.25, 0.3) is 0 Å². The number of amides is 1. The van der Waals surface area contributed by atoms with Crippen molar-refractivity contribution in [1.29, 1.82) is 0 Å². The highest BCUT2D eigenvalue weighted by molar-refractivity contribution is 8.00. The summed E-state index contributed by atoms with van der Waals surface area (Å²) in [6.45, 7) is 4.84. The van der Waals surface area contributed by atoms with Crippen LogP contribution in [0.1, 0.15) is 24.1 Å². The standard InChI is InChI=1S/C18H20N4O2S/c1-13(17(23)19-11-16-9-6-10-24-16)25-18-21-20-14(2)22(18)12-15-7-4-3-5-8-15/h3-10,13H,11-12H2,1-2H3,(H,19,23)/t13-/m0/s1. The summed E-state index contributed by atoms with van der Waals surface area (Å²) in [6.07, 6.45) is 1.59. The molecule has 25 heavy (non-hydrogen) atoms. The topological polar surface area (TPSA) is 73.0 Å². The van der Waals surface area contributed by atoms with Gasteiger partial charge in [-0.3, -0.25) is 4.79 Å². The lowest BCUT2D eigenvalue weighted by Crippen LogP contribution is -2.30. The zero-order valence-electron chi connectivity index (χ0n) is 14.2. The van der Waals surface area contributed by atoms with Crippen LogP contribution in [0.2, 0.25) is 0 Å². The first-order chi connectivity index (χ1) is 12.1. The number of nitrogens with zero attached hydrogens (tertiary/aromatic N) is 3. The summed E-state index contributed by atoms with van der Waals surface area (Å²) >= 11 is 1.40. The fraction of sp³-hybridized carbons (Fsp3) is 0.278. The SMILES string of the molecule is Cc1nnc(S[C@@H](C)C(=O)NCc2ccco2)n1Cc1ccccc1. The Morgan fingerprint density at radius 1 is 1.24 bits per heavy atom. The maximum atomic E-state index is 12.3. The van der Waals surface area contributed by atoms with Crippen LogP contribution in [0.4, 0.5) is 0 Å². The molecule has 0 aliphatic heterocycles. The van der Waals surface area contributed by atoms with Crippen molar-refractivity contribution in [3.8, 4) is 0 Å². The van der Waals surface area contributed by atoms with Crippen LogP contribution in [0.5, 0.6) is 0 Å². The predicted octanol–water partition coefficient (Wildman–Crippen LogP) is 3.02. The van der Waals surface area contributed by atoms with Crippen molar-refractivity contribution < 1.29 is 9.21 Å². The van der Waals surface area contributed by atoms with Gasteiger partial charge in [0.2, 0.25) is 5.91 Å². The van der Waals surface area contributed by atoms with Gasteiger partial charge in [0.25, 0.3) is 0 Å². The smallest absolute Gasteiger partial charge is 0.233 e. The summed E-state index contributed by atoms with van der Waals surface area (Å²) in [5.74, 6) is 1.50. The second-order valence-electron chi connectivity index (χ2n) is 5.66. The summed E-state index contributed by atoms with van der Waals surface area (Å²) in [6, 6.07) is 13.8. The molecule has 0 unspecified atom stereocenters. The summed E-state index contributed by atoms with van der Waals surface area (Å²) in [5.41, 5.74) is 1.17. The molecule has 1 N–H and O–H groups in total. The lowest BCUT2D eigenvalue weighted by molar-refractivity contribution is -0.120. The van der Waals surface area contributed by atoms with Crippen molar-refractivity contribution in [2.45, 2.75) is 37.3 Å². The first kappa shape index (κ1) is 17.3. The van der Waals surface area contributed by atoms with Gasteiger partial charge in [-0.05, 0) is 31.5 Å². The molecule has 0 radical (unpaired) electrons. The second kappa shape index (κ2) is 8.02. The van der Waals surface area contributed by atoms with Gasteiger partial charge in [0.05, 0.1) is 24.6 Å². The van der Waals surface area contributed by atoms with Gasteiger partial charge in [0.1, 0.15) is 11.6 Å². The predicted molar refractivity (Wildman–Crippen MR) is 96.2 cm³/mol. The normalized spacial score (nSPS) is 12.1. The molecule has 0 aliphatic rings. The average Bonchev–Trinajstić information content (AvgIpc) is 3.26. The number of carbonyl (C=O) groups excluding carboxylic acids is 1. The van der Waals surface area contributed by atoms with E-state index in [2.05, 4.69) is 27.6 Å². The van der Waals surface area contributed by atoms with E-state index in [0.717, 1.165) is 16.7 Å². The molecule has 2 heterocycles. The Balaban J connectivity index is 1.63. The van der Waals surface area contributed by atoms with Gasteiger partial charge in [-0.1, -0.05) is 42.1 Å². The van der Waals surface area contributed by atoms with E-state index < -0.39 is 0 Å². The van der Waals surface area contributed by atoms with E-state index in [0.29, 0.717) is 13.1 Å². The Hall–Kier alpha value is -2.54. The van der Waals surface area contributed by atoms with E-state index in [1.165, 1.54) is 17.3 Å². The largest absolute Gasteiger partial charge is 0.467 e. The summed E-state index contributed by atoms with van der Waals surface area (Å²) in [5, 5.41) is 11.7. The first-order valence-electron chi connectivity index (χ1n) is 8.04. The summed E-state index contributed by atoms with van der Waals surface area (Å²) in [7, 11) is 0. The molecule has 2 aromatic heterocycles. The number of aromatic nitrogens is 3. The van der Waals surface area contributed by atoms with Gasteiger partial charge in [-0.25, -0.2) is 0 Å². The Labute approximate surface area is 150 Å². The molecule has 0 bridgehead atoms. The molecule has 0 spiro atoms. The van der Waals surface area contributed by atoms with Crippen molar-refractivity contribution >= 4 is 17.7 Å². The maximum absolute atomic E-state index is 12.3. The van der Waals surface area contributed by atoms with E-state index >= 15 is 0 Å². The minimum Gasteiger partial charge on any atom is -0.467 e. The molecule has 1 aromatic carbocycles. The molecule has 7 heteroatoms. The molecule has 0 aliphatic carbocycles. The number of furan rings is 1. The van der Waals surface area contributed by atoms with E-state index in [9.17, 15) is 4.79 Å². The lowest BCUT2D eigenvalue weighted by atomic mass is 10.2. The molecule has 130 valence electrons. The third kappa shape index (κ3) is 4.51. The van der Waals surface area contributed by atoms with E-state index in [1.54, 1.807) is 12.3 Å². The number of rotatable bonds is 7. The highest BCUT2D eigenvalue weighted by Crippen LogP contribution is 2.23. The quantitative estimate of drug-likeness (QED) is 0.659. The molecular weight excluding hydrogens is 336 g/mol. The first-order valence-corrected chi connectivity index (χ1v) is 8.92. The van der Waals surface area contributed by atoms with Gasteiger partial charge in [-0.2, -0.15) is 0 Å². The Morgan fingerprint density at radius 3 is 2.76 bits per heavy atom. The molecule has 0 saturated carbocycles. The van der Waals surface area contributed by atoms with Crippen molar-refractivity contribution in [3.05, 3.63) is 65.9 Å². The highest BCUT2D eigenvalue weighted by Gasteiger charge is 2.19. The number of carbonyl (C=O) groups is 1. The second-order valence-corrected chi connectivity index (χ2v) is 6.97. The van der Waals surface area contributed by atoms with Crippen molar-refractivity contribution in [2.75, 3.05) is 0 Å². The summed E-state index contributed by atoms with van der Waals surface area (Å²) < 4.78 is 7.25. The number of benzene rings is 1. The molecule has 6 nitrogen and oxygen atoms in total. The van der Waals surface area contributed by atoms with Crippen molar-refractivity contribution in [1.82, 2.24) is 20.1 Å². The average molecular weight is 356 g/mol. The Bertz CT molecular complexity index is 815. The third-order valence-electron chi connectivity index (χ3n) is 3.75. The molecule has 0 saturated heterocycles. The summed E-state index contributed by atoms with van der Waals surface area (Å²) in [4.78, 5) is 12.3. The maximum Gasteiger partial charge on any atom is 0.233 e. The van der Waals surface area contributed by atoms with Gasteiger partial charge >= 0.3 is 0 Å². The Kier molecular flexibility index (Phi) is 5.55. The Morgan fingerprint density at radius 2 is 2.04 bits per heavy atom. The van der Waals surface area contributed by atoms with Crippen LogP contribution in [-0.4, -0.2) is 25.9 Å². The van der Waals surface area contributed by atoms with Crippen LogP contribution in [0.15, 0.2) is 58.3 Å². The van der Waals surface area contributed by atoms with Gasteiger partial charge in [0, 0.05) is 0 Å². The number of nitrogens with one attached hydrogen (secondary N) is 1. The minimum absolute atomic E-state index is 0.0617. The van der Waals surface area contributed by atoms with Crippen LogP contribution in [0, 0.1) is 6.92 Å². The van der Waals surface area contributed by atoms with E-state index in [1.807, 2.05) is 42.7 Å². The number of hydrogen-bond acceptors (Lipinski definition) is 5. The van der Waals surface area contributed by atoms with Crippen LogP contribution in [-0.2, 0) is 17.9 Å². The zero-order valence-corrected chi connectivity index (χ0v) is 15.0. The van der Waals surface area contributed by atoms with E-state index in [-0.39, 0.29) is 11.2 Å². The van der Waals surface area contributed by atoms with Gasteiger partial charge < -0.3 is 14.3 Å². The fourth-order valence-electron chi connectivity index (χ4n) is 2.34. The third-order valence-corrected chi connectivity index (χ3v) is 4.83. The van der Waals surface area contributed by atoms with Crippen LogP contribution < -0.4 is 5.32 Å². The van der Waals surface area contributed by atoms with Crippen LogP contribution >= 0.6 is 11.8 Å². The lowest BCUT2D eigenvalue weighted by Gasteiger charge is -2.13. The van der Waals surface area contributed by atoms with Crippen molar-refractivity contribution in [3.63, 3.8) is 0 Å². The monoisotopic (exact) mass is 356 g/mol. The molecular formula is C18H20N4O2S. The zero-order chi connectivity index (χ0) is 17.6. The molecule has 3 aromatic rings. The molecule has 0 fully saturated rings. The minimum atomic E-state index is -0.284. The molecule has 1 atom stereocenters. The van der Waals surface area contributed by atoms with Gasteiger partial charge in [-0.15, -0.1) is 10.2 Å². The number of hydrogen-bond donors (Lipinski definition) is 1. The number of thioether (sulfide) groups is 1. The van der Waals surface area contributed by atoms with Crippen molar-refractivity contribution in [2.24, 2.45) is 0 Å². The van der Waals surface area contributed by atoms with E-state index in [4.69, 9.17) is 4.42 Å². The fourth-order valence-corrected chi connectivity index (χ4v) is 3.26. The molecule has 3 rings (SSSR count). The molecule has 1 amide bonds. The highest BCUT2D eigenvalue weighted by atomic mass is 32.2. The number of aryl methyl sites for hydroxylation is 1.